The highest BCUT2D eigenvalue weighted by Gasteiger charge is 2.52. The number of carbonyl (C=O) groups is 1. The quantitative estimate of drug-likeness (QED) is 0.470. The second-order valence-electron chi connectivity index (χ2n) is 6.85. The van der Waals surface area contributed by atoms with Crippen molar-refractivity contribution in [2.24, 2.45) is 11.8 Å². The number of ether oxygens (including phenoxy) is 2. The Balaban J connectivity index is 2.59. The molecule has 1 saturated carbocycles. The van der Waals surface area contributed by atoms with Gasteiger partial charge in [0.1, 0.15) is 5.54 Å². The highest BCUT2D eigenvalue weighted by atomic mass is 16.5. The number of rotatable bonds is 11. The lowest BCUT2D eigenvalue weighted by atomic mass is 9.93. The smallest absolute Gasteiger partial charge is 0.329 e. The van der Waals surface area contributed by atoms with Gasteiger partial charge in [0.05, 0.1) is 13.2 Å². The van der Waals surface area contributed by atoms with Crippen LogP contribution in [-0.2, 0) is 14.3 Å². The van der Waals surface area contributed by atoms with E-state index in [1.54, 1.807) is 0 Å². The van der Waals surface area contributed by atoms with E-state index >= 15 is 0 Å². The van der Waals surface area contributed by atoms with Gasteiger partial charge in [-0.05, 0) is 58.3 Å². The third kappa shape index (κ3) is 5.95. The Labute approximate surface area is 130 Å². The molecule has 4 nitrogen and oxygen atoms in total. The molecule has 1 aliphatic rings. The zero-order valence-corrected chi connectivity index (χ0v) is 14.4. The van der Waals surface area contributed by atoms with E-state index in [9.17, 15) is 4.79 Å². The van der Waals surface area contributed by atoms with Crippen LogP contribution in [-0.4, -0.2) is 37.4 Å². The van der Waals surface area contributed by atoms with Gasteiger partial charge in [-0.15, -0.1) is 0 Å². The summed E-state index contributed by atoms with van der Waals surface area (Å²) in [6.07, 6.45) is 4.36. The first kappa shape index (κ1) is 18.4. The highest BCUT2D eigenvalue weighted by Crippen LogP contribution is 2.41. The molecule has 0 aliphatic heterocycles. The van der Waals surface area contributed by atoms with Crippen LogP contribution in [0.25, 0.3) is 0 Å². The van der Waals surface area contributed by atoms with Crippen LogP contribution in [0.5, 0.6) is 0 Å². The summed E-state index contributed by atoms with van der Waals surface area (Å²) in [6.45, 7) is 12.0. The second-order valence-corrected chi connectivity index (χ2v) is 6.85. The summed E-state index contributed by atoms with van der Waals surface area (Å²) in [6, 6.07) is 0.231. The Morgan fingerprint density at radius 1 is 1.29 bits per heavy atom. The number of hydrogen-bond donors (Lipinski definition) is 1. The van der Waals surface area contributed by atoms with Crippen molar-refractivity contribution < 1.29 is 14.3 Å². The molecule has 21 heavy (non-hydrogen) atoms. The maximum atomic E-state index is 12.5. The summed E-state index contributed by atoms with van der Waals surface area (Å²) in [5.74, 6) is 0.898. The molecule has 1 N–H and O–H groups in total. The second kappa shape index (κ2) is 8.74. The molecule has 0 heterocycles. The van der Waals surface area contributed by atoms with Crippen molar-refractivity contribution in [2.45, 2.75) is 71.9 Å². The molecule has 1 fully saturated rings. The van der Waals surface area contributed by atoms with Crippen molar-refractivity contribution in [3.8, 4) is 0 Å². The normalized spacial score (nSPS) is 18.0. The summed E-state index contributed by atoms with van der Waals surface area (Å²) in [7, 11) is 0. The van der Waals surface area contributed by atoms with Crippen molar-refractivity contribution in [3.05, 3.63) is 0 Å². The number of esters is 1. The molecule has 1 unspecified atom stereocenters. The van der Waals surface area contributed by atoms with E-state index in [2.05, 4.69) is 33.0 Å². The Bertz CT molecular complexity index is 313. The predicted molar refractivity (Wildman–Crippen MR) is 85.3 cm³/mol. The van der Waals surface area contributed by atoms with Crippen LogP contribution in [0.1, 0.15) is 60.3 Å². The molecule has 4 heteroatoms. The first-order valence-electron chi connectivity index (χ1n) is 8.45. The molecule has 0 radical (unpaired) electrons. The average molecular weight is 299 g/mol. The topological polar surface area (TPSA) is 47.6 Å². The molecule has 1 atom stereocenters. The van der Waals surface area contributed by atoms with E-state index in [1.807, 2.05) is 6.92 Å². The van der Waals surface area contributed by atoms with Crippen LogP contribution < -0.4 is 5.32 Å². The average Bonchev–Trinajstić information content (AvgIpc) is 3.20. The lowest BCUT2D eigenvalue weighted by molar-refractivity contribution is -0.156. The summed E-state index contributed by atoms with van der Waals surface area (Å²) in [5, 5.41) is 3.44. The third-order valence-electron chi connectivity index (χ3n) is 3.86. The van der Waals surface area contributed by atoms with Crippen molar-refractivity contribution in [1.29, 1.82) is 0 Å². The molecule has 0 amide bonds. The minimum atomic E-state index is -0.651. The van der Waals surface area contributed by atoms with E-state index in [0.29, 0.717) is 31.7 Å². The molecule has 1 rings (SSSR count). The summed E-state index contributed by atoms with van der Waals surface area (Å²) < 4.78 is 11.2. The molecule has 124 valence electrons. The van der Waals surface area contributed by atoms with Crippen LogP contribution in [0.2, 0.25) is 0 Å². The van der Waals surface area contributed by atoms with Crippen LogP contribution >= 0.6 is 0 Å². The molecule has 0 bridgehead atoms. The van der Waals surface area contributed by atoms with E-state index in [0.717, 1.165) is 25.7 Å². The van der Waals surface area contributed by atoms with Gasteiger partial charge in [-0.1, -0.05) is 13.8 Å². The molecular weight excluding hydrogens is 266 g/mol. The van der Waals surface area contributed by atoms with Gasteiger partial charge in [-0.2, -0.15) is 0 Å². The Morgan fingerprint density at radius 3 is 2.43 bits per heavy atom. The van der Waals surface area contributed by atoms with Crippen molar-refractivity contribution in [3.63, 3.8) is 0 Å². The fourth-order valence-corrected chi connectivity index (χ4v) is 2.74. The molecule has 0 aromatic carbocycles. The molecule has 0 spiro atoms. The third-order valence-corrected chi connectivity index (χ3v) is 3.86. The SMILES string of the molecule is CCOC(=O)C(COCCCC(C)C)(NC(C)C)C1CC1. The lowest BCUT2D eigenvalue weighted by Crippen LogP contribution is -2.60. The molecule has 0 aromatic rings. The number of hydrogen-bond acceptors (Lipinski definition) is 4. The van der Waals surface area contributed by atoms with Crippen molar-refractivity contribution in [2.75, 3.05) is 19.8 Å². The molecule has 0 aromatic heterocycles. The first-order valence-corrected chi connectivity index (χ1v) is 8.45. The van der Waals surface area contributed by atoms with E-state index < -0.39 is 5.54 Å². The van der Waals surface area contributed by atoms with E-state index in [4.69, 9.17) is 9.47 Å². The highest BCUT2D eigenvalue weighted by molar-refractivity contribution is 5.82. The standard InChI is InChI=1S/C17H33NO3/c1-6-21-16(19)17(15-9-10-15,18-14(4)5)12-20-11-7-8-13(2)3/h13-15,18H,6-12H2,1-5H3. The van der Waals surface area contributed by atoms with Crippen LogP contribution in [0.4, 0.5) is 0 Å². The fourth-order valence-electron chi connectivity index (χ4n) is 2.74. The predicted octanol–water partition coefficient (Wildman–Crippen LogP) is 3.15. The molecular formula is C17H33NO3. The van der Waals surface area contributed by atoms with E-state index in [1.165, 1.54) is 0 Å². The molecule has 1 aliphatic carbocycles. The van der Waals surface area contributed by atoms with Gasteiger partial charge in [0.15, 0.2) is 0 Å². The summed E-state index contributed by atoms with van der Waals surface area (Å²) in [5.41, 5.74) is -0.651. The Morgan fingerprint density at radius 2 is 1.95 bits per heavy atom. The number of nitrogens with one attached hydrogen (secondary N) is 1. The van der Waals surface area contributed by atoms with E-state index in [-0.39, 0.29) is 12.0 Å². The lowest BCUT2D eigenvalue weighted by Gasteiger charge is -2.34. The minimum Gasteiger partial charge on any atom is -0.465 e. The van der Waals surface area contributed by atoms with Gasteiger partial charge < -0.3 is 9.47 Å². The van der Waals surface area contributed by atoms with Gasteiger partial charge in [-0.25, -0.2) is 4.79 Å². The summed E-state index contributed by atoms with van der Waals surface area (Å²) in [4.78, 5) is 12.5. The largest absolute Gasteiger partial charge is 0.465 e. The van der Waals surface area contributed by atoms with Crippen LogP contribution in [0.15, 0.2) is 0 Å². The fraction of sp³-hybridized carbons (Fsp3) is 0.941. The Hall–Kier alpha value is -0.610. The van der Waals surface area contributed by atoms with Crippen molar-refractivity contribution in [1.82, 2.24) is 5.32 Å². The minimum absolute atomic E-state index is 0.148. The van der Waals surface area contributed by atoms with Gasteiger partial charge >= 0.3 is 5.97 Å². The van der Waals surface area contributed by atoms with Crippen LogP contribution in [0, 0.1) is 11.8 Å². The number of carbonyl (C=O) groups excluding carboxylic acids is 1. The maximum Gasteiger partial charge on any atom is 0.329 e. The van der Waals surface area contributed by atoms with Gasteiger partial charge in [0.25, 0.3) is 0 Å². The zero-order chi connectivity index (χ0) is 15.9. The monoisotopic (exact) mass is 299 g/mol. The van der Waals surface area contributed by atoms with Crippen LogP contribution in [0.3, 0.4) is 0 Å². The Kier molecular flexibility index (Phi) is 7.67. The van der Waals surface area contributed by atoms with Gasteiger partial charge in [-0.3, -0.25) is 5.32 Å². The summed E-state index contributed by atoms with van der Waals surface area (Å²) >= 11 is 0. The van der Waals surface area contributed by atoms with Gasteiger partial charge in [0.2, 0.25) is 0 Å². The van der Waals surface area contributed by atoms with Gasteiger partial charge in [0, 0.05) is 12.6 Å². The maximum absolute atomic E-state index is 12.5. The molecule has 0 saturated heterocycles. The first-order chi connectivity index (χ1) is 9.92. The zero-order valence-electron chi connectivity index (χ0n) is 14.4. The van der Waals surface area contributed by atoms with Crippen molar-refractivity contribution >= 4 is 5.97 Å².